The molecule has 0 aliphatic carbocycles. The maximum Gasteiger partial charge on any atom is 0.323 e. The summed E-state index contributed by atoms with van der Waals surface area (Å²) in [4.78, 5) is 27.9. The van der Waals surface area contributed by atoms with Crippen molar-refractivity contribution in [1.29, 1.82) is 0 Å². The molecule has 0 spiro atoms. The molecule has 0 atom stereocenters. The lowest BCUT2D eigenvalue weighted by Gasteiger charge is -2.23. The van der Waals surface area contributed by atoms with Crippen molar-refractivity contribution < 1.29 is 14.3 Å². The Hall–Kier alpha value is -3.71. The van der Waals surface area contributed by atoms with Gasteiger partial charge in [-0.1, -0.05) is 29.3 Å². The number of benzene rings is 3. The van der Waals surface area contributed by atoms with Crippen LogP contribution in [0.3, 0.4) is 0 Å². The van der Waals surface area contributed by atoms with Gasteiger partial charge in [-0.2, -0.15) is 0 Å². The van der Waals surface area contributed by atoms with Gasteiger partial charge in [-0.05, 0) is 68.3 Å². The van der Waals surface area contributed by atoms with E-state index in [1.165, 1.54) is 7.11 Å². The number of hydrogen-bond acceptors (Lipinski definition) is 4. The summed E-state index contributed by atoms with van der Waals surface area (Å²) in [6.45, 7) is 3.76. The van der Waals surface area contributed by atoms with Gasteiger partial charge in [0, 0.05) is 29.4 Å². The number of hydrogen-bond donors (Lipinski definition) is 3. The van der Waals surface area contributed by atoms with Crippen molar-refractivity contribution >= 4 is 46.3 Å². The van der Waals surface area contributed by atoms with Crippen LogP contribution in [0, 0.1) is 6.92 Å². The molecule has 1 saturated heterocycles. The first kappa shape index (κ1) is 23.4. The number of aryl methyl sites for hydroxylation is 1. The molecule has 34 heavy (non-hydrogen) atoms. The molecule has 1 aliphatic rings. The molecule has 3 aromatic rings. The van der Waals surface area contributed by atoms with Gasteiger partial charge < -0.3 is 25.6 Å². The number of halogens is 1. The van der Waals surface area contributed by atoms with Crippen molar-refractivity contribution in [3.8, 4) is 5.75 Å². The molecule has 3 N–H and O–H groups in total. The first-order valence-electron chi connectivity index (χ1n) is 11.1. The minimum atomic E-state index is -0.442. The predicted molar refractivity (Wildman–Crippen MR) is 138 cm³/mol. The summed E-state index contributed by atoms with van der Waals surface area (Å²) in [5.74, 6) is 0.287. The Morgan fingerprint density at radius 1 is 0.912 bits per heavy atom. The van der Waals surface area contributed by atoms with Gasteiger partial charge in [0.1, 0.15) is 5.75 Å². The first-order valence-corrected chi connectivity index (χ1v) is 11.5. The van der Waals surface area contributed by atoms with Crippen LogP contribution in [-0.2, 0) is 0 Å². The third kappa shape index (κ3) is 5.61. The SMILES string of the molecule is COc1ccc(Cl)cc1NC(=O)Nc1cc(NC(=O)c2cccc(C)c2)ccc1N1CCCC1. The molecule has 1 fully saturated rings. The summed E-state index contributed by atoms with van der Waals surface area (Å²) in [7, 11) is 1.53. The van der Waals surface area contributed by atoms with Gasteiger partial charge in [-0.15, -0.1) is 0 Å². The smallest absolute Gasteiger partial charge is 0.323 e. The first-order chi connectivity index (χ1) is 16.4. The number of ether oxygens (including phenoxy) is 1. The van der Waals surface area contributed by atoms with E-state index in [0.29, 0.717) is 33.4 Å². The Morgan fingerprint density at radius 3 is 2.41 bits per heavy atom. The fourth-order valence-electron chi connectivity index (χ4n) is 3.99. The van der Waals surface area contributed by atoms with Crippen LogP contribution in [0.4, 0.5) is 27.5 Å². The highest BCUT2D eigenvalue weighted by molar-refractivity contribution is 6.31. The molecule has 0 radical (unpaired) electrons. The number of methoxy groups -OCH3 is 1. The molecule has 176 valence electrons. The largest absolute Gasteiger partial charge is 0.495 e. The molecule has 1 aliphatic heterocycles. The number of rotatable bonds is 6. The zero-order chi connectivity index (χ0) is 24.1. The second kappa shape index (κ2) is 10.5. The lowest BCUT2D eigenvalue weighted by atomic mass is 10.1. The van der Waals surface area contributed by atoms with Crippen molar-refractivity contribution in [3.63, 3.8) is 0 Å². The van der Waals surface area contributed by atoms with Crippen LogP contribution in [0.1, 0.15) is 28.8 Å². The van der Waals surface area contributed by atoms with Crippen LogP contribution in [0.2, 0.25) is 5.02 Å². The van der Waals surface area contributed by atoms with E-state index in [1.807, 2.05) is 37.3 Å². The maximum absolute atomic E-state index is 12.9. The van der Waals surface area contributed by atoms with E-state index in [9.17, 15) is 9.59 Å². The molecule has 0 unspecified atom stereocenters. The fourth-order valence-corrected chi connectivity index (χ4v) is 4.16. The molecule has 8 heteroatoms. The summed E-state index contributed by atoms with van der Waals surface area (Å²) >= 11 is 6.08. The molecule has 0 saturated carbocycles. The second-order valence-electron chi connectivity index (χ2n) is 8.17. The third-order valence-electron chi connectivity index (χ3n) is 5.64. The number of amides is 3. The van der Waals surface area contributed by atoms with E-state index < -0.39 is 6.03 Å². The van der Waals surface area contributed by atoms with Gasteiger partial charge in [0.05, 0.1) is 24.2 Å². The Labute approximate surface area is 204 Å². The summed E-state index contributed by atoms with van der Waals surface area (Å²) < 4.78 is 5.31. The van der Waals surface area contributed by atoms with Crippen LogP contribution in [0.25, 0.3) is 0 Å². The van der Waals surface area contributed by atoms with Crippen LogP contribution >= 0.6 is 11.6 Å². The van der Waals surface area contributed by atoms with Crippen LogP contribution in [0.5, 0.6) is 5.75 Å². The van der Waals surface area contributed by atoms with Gasteiger partial charge >= 0.3 is 6.03 Å². The third-order valence-corrected chi connectivity index (χ3v) is 5.87. The minimum Gasteiger partial charge on any atom is -0.495 e. The van der Waals surface area contributed by atoms with Crippen LogP contribution in [0.15, 0.2) is 60.7 Å². The number of urea groups is 1. The zero-order valence-corrected chi connectivity index (χ0v) is 19.9. The number of carbonyl (C=O) groups excluding carboxylic acids is 2. The summed E-state index contributed by atoms with van der Waals surface area (Å²) in [5, 5.41) is 9.13. The number of carbonyl (C=O) groups is 2. The topological polar surface area (TPSA) is 82.7 Å². The highest BCUT2D eigenvalue weighted by Gasteiger charge is 2.19. The number of nitrogens with one attached hydrogen (secondary N) is 3. The van der Waals surface area contributed by atoms with E-state index >= 15 is 0 Å². The molecule has 7 nitrogen and oxygen atoms in total. The molecule has 1 heterocycles. The Kier molecular flexibility index (Phi) is 7.23. The highest BCUT2D eigenvalue weighted by Crippen LogP contribution is 2.33. The van der Waals surface area contributed by atoms with Crippen molar-refractivity contribution in [2.24, 2.45) is 0 Å². The van der Waals surface area contributed by atoms with E-state index in [-0.39, 0.29) is 5.91 Å². The second-order valence-corrected chi connectivity index (χ2v) is 8.61. The van der Waals surface area contributed by atoms with E-state index in [4.69, 9.17) is 16.3 Å². The Balaban J connectivity index is 1.57. The average Bonchev–Trinajstić information content (AvgIpc) is 3.34. The lowest BCUT2D eigenvalue weighted by Crippen LogP contribution is -2.24. The standard InChI is InChI=1S/C26H27ClN4O3/c1-17-6-5-7-18(14-17)25(32)28-20-9-10-23(31-12-3-4-13-31)21(16-20)29-26(33)30-22-15-19(27)8-11-24(22)34-2/h5-11,14-16H,3-4,12-13H2,1-2H3,(H,28,32)(H2,29,30,33). The molecule has 3 amide bonds. The Morgan fingerprint density at radius 2 is 1.68 bits per heavy atom. The summed E-state index contributed by atoms with van der Waals surface area (Å²) in [5.41, 5.74) is 4.13. The van der Waals surface area contributed by atoms with Gasteiger partial charge in [0.25, 0.3) is 5.91 Å². The Bertz CT molecular complexity index is 1210. The van der Waals surface area contributed by atoms with Gasteiger partial charge in [-0.25, -0.2) is 4.79 Å². The van der Waals surface area contributed by atoms with Crippen molar-refractivity contribution in [2.45, 2.75) is 19.8 Å². The normalized spacial score (nSPS) is 12.9. The van der Waals surface area contributed by atoms with E-state index in [2.05, 4.69) is 20.9 Å². The average molecular weight is 479 g/mol. The maximum atomic E-state index is 12.9. The lowest BCUT2D eigenvalue weighted by molar-refractivity contribution is 0.102. The summed E-state index contributed by atoms with van der Waals surface area (Å²) in [6, 6.07) is 17.5. The molecule has 3 aromatic carbocycles. The van der Waals surface area contributed by atoms with Gasteiger partial charge in [0.15, 0.2) is 0 Å². The quantitative estimate of drug-likeness (QED) is 0.396. The van der Waals surface area contributed by atoms with Gasteiger partial charge in [0.2, 0.25) is 0 Å². The monoisotopic (exact) mass is 478 g/mol. The molecular weight excluding hydrogens is 452 g/mol. The van der Waals surface area contributed by atoms with E-state index in [0.717, 1.165) is 37.2 Å². The van der Waals surface area contributed by atoms with Crippen molar-refractivity contribution in [3.05, 3.63) is 76.8 Å². The molecule has 0 aromatic heterocycles. The van der Waals surface area contributed by atoms with Crippen LogP contribution in [-0.4, -0.2) is 32.1 Å². The predicted octanol–water partition coefficient (Wildman–Crippen LogP) is 6.15. The molecular formula is C26H27ClN4O3. The van der Waals surface area contributed by atoms with Crippen molar-refractivity contribution in [1.82, 2.24) is 0 Å². The van der Waals surface area contributed by atoms with Crippen molar-refractivity contribution in [2.75, 3.05) is 41.0 Å². The number of anilines is 4. The zero-order valence-electron chi connectivity index (χ0n) is 19.2. The molecule has 0 bridgehead atoms. The molecule has 4 rings (SSSR count). The highest BCUT2D eigenvalue weighted by atomic mass is 35.5. The van der Waals surface area contributed by atoms with Crippen LogP contribution < -0.4 is 25.6 Å². The fraction of sp³-hybridized carbons (Fsp3) is 0.231. The number of nitrogens with zero attached hydrogens (tertiary/aromatic N) is 1. The van der Waals surface area contributed by atoms with E-state index in [1.54, 1.807) is 30.3 Å². The minimum absolute atomic E-state index is 0.211. The summed E-state index contributed by atoms with van der Waals surface area (Å²) in [6.07, 6.45) is 2.19. The van der Waals surface area contributed by atoms with Gasteiger partial charge in [-0.3, -0.25) is 4.79 Å².